The average Bonchev–Trinajstić information content (AvgIpc) is 2.24. The summed E-state index contributed by atoms with van der Waals surface area (Å²) in [5.41, 5.74) is 1.78. The van der Waals surface area contributed by atoms with Crippen LogP contribution < -0.4 is 5.32 Å². The van der Waals surface area contributed by atoms with Gasteiger partial charge in [0.15, 0.2) is 0 Å². The second-order valence-electron chi connectivity index (χ2n) is 4.30. The first-order valence-corrected chi connectivity index (χ1v) is 6.50. The maximum Gasteiger partial charge on any atom is 0.241 e. The Bertz CT molecular complexity index is 463. The predicted octanol–water partition coefficient (Wildman–Crippen LogP) is 3.33. The number of nitrogens with one attached hydrogen (secondary N) is 1. The zero-order valence-corrected chi connectivity index (χ0v) is 12.3. The van der Waals surface area contributed by atoms with Crippen LogP contribution in [0.25, 0.3) is 0 Å². The molecule has 1 unspecified atom stereocenters. The molecule has 0 spiro atoms. The molecule has 0 aliphatic rings. The predicted molar refractivity (Wildman–Crippen MR) is 76.5 cm³/mol. The summed E-state index contributed by atoms with van der Waals surface area (Å²) >= 11 is 2.19. The Labute approximate surface area is 115 Å². The fourth-order valence-corrected chi connectivity index (χ4v) is 1.94. The topological polar surface area (TPSA) is 52.9 Å². The van der Waals surface area contributed by atoms with E-state index in [9.17, 15) is 4.79 Å². The number of halogens is 1. The Morgan fingerprint density at radius 1 is 1.47 bits per heavy atom. The minimum atomic E-state index is -0.604. The number of amides is 1. The smallest absolute Gasteiger partial charge is 0.241 e. The summed E-state index contributed by atoms with van der Waals surface area (Å²) in [5.74, 6) is -0.817. The molecular formula is C13H15IN2O. The van der Waals surface area contributed by atoms with Gasteiger partial charge in [-0.1, -0.05) is 19.9 Å². The van der Waals surface area contributed by atoms with Gasteiger partial charge in [-0.25, -0.2) is 0 Å². The van der Waals surface area contributed by atoms with Crippen molar-refractivity contribution in [3.8, 4) is 6.07 Å². The zero-order chi connectivity index (χ0) is 13.0. The average molecular weight is 342 g/mol. The summed E-state index contributed by atoms with van der Waals surface area (Å²) in [5, 5.41) is 11.8. The van der Waals surface area contributed by atoms with E-state index in [4.69, 9.17) is 5.26 Å². The number of rotatable bonds is 3. The molecule has 0 bridgehead atoms. The highest BCUT2D eigenvalue weighted by Crippen LogP contribution is 2.20. The number of carbonyl (C=O) groups excluding carboxylic acids is 1. The minimum absolute atomic E-state index is 0.0168. The van der Waals surface area contributed by atoms with Gasteiger partial charge in [0.1, 0.15) is 5.92 Å². The van der Waals surface area contributed by atoms with E-state index in [1.165, 1.54) is 0 Å². The number of anilines is 1. The first-order valence-electron chi connectivity index (χ1n) is 5.42. The van der Waals surface area contributed by atoms with E-state index in [1.807, 2.05) is 45.0 Å². The first-order chi connectivity index (χ1) is 7.95. The van der Waals surface area contributed by atoms with Crippen molar-refractivity contribution < 1.29 is 4.79 Å². The number of hydrogen-bond acceptors (Lipinski definition) is 2. The van der Waals surface area contributed by atoms with Crippen LogP contribution in [0.2, 0.25) is 0 Å². The lowest BCUT2D eigenvalue weighted by atomic mass is 9.96. The molecule has 17 heavy (non-hydrogen) atoms. The molecular weight excluding hydrogens is 327 g/mol. The van der Waals surface area contributed by atoms with Crippen LogP contribution in [-0.4, -0.2) is 5.91 Å². The molecule has 0 aliphatic carbocycles. The number of benzene rings is 1. The summed E-state index contributed by atoms with van der Waals surface area (Å²) in [4.78, 5) is 11.9. The molecule has 1 aromatic rings. The largest absolute Gasteiger partial charge is 0.325 e. The maximum atomic E-state index is 11.9. The van der Waals surface area contributed by atoms with E-state index in [-0.39, 0.29) is 11.8 Å². The molecule has 1 amide bonds. The third-order valence-electron chi connectivity index (χ3n) is 2.55. The molecule has 90 valence electrons. The molecule has 0 fully saturated rings. The van der Waals surface area contributed by atoms with Gasteiger partial charge in [0.25, 0.3) is 0 Å². The first kappa shape index (κ1) is 14.0. The molecule has 1 N–H and O–H groups in total. The molecule has 0 aromatic heterocycles. The van der Waals surface area contributed by atoms with Crippen LogP contribution in [0.5, 0.6) is 0 Å². The summed E-state index contributed by atoms with van der Waals surface area (Å²) in [6.07, 6.45) is 0. The molecule has 0 saturated heterocycles. The third kappa shape index (κ3) is 3.70. The van der Waals surface area contributed by atoms with E-state index in [0.717, 1.165) is 14.8 Å². The van der Waals surface area contributed by atoms with Gasteiger partial charge in [0, 0.05) is 9.26 Å². The van der Waals surface area contributed by atoms with Gasteiger partial charge in [-0.15, -0.1) is 0 Å². The van der Waals surface area contributed by atoms with E-state index in [2.05, 4.69) is 27.9 Å². The number of nitrogens with zero attached hydrogens (tertiary/aromatic N) is 1. The lowest BCUT2D eigenvalue weighted by Crippen LogP contribution is -2.26. The van der Waals surface area contributed by atoms with Crippen molar-refractivity contribution in [2.45, 2.75) is 20.8 Å². The lowest BCUT2D eigenvalue weighted by Gasteiger charge is -2.14. The fourth-order valence-electron chi connectivity index (χ4n) is 1.45. The summed E-state index contributed by atoms with van der Waals surface area (Å²) in [7, 11) is 0. The Morgan fingerprint density at radius 2 is 2.12 bits per heavy atom. The summed E-state index contributed by atoms with van der Waals surface area (Å²) in [6, 6.07) is 7.88. The fraction of sp³-hybridized carbons (Fsp3) is 0.385. The molecule has 1 rings (SSSR count). The molecule has 3 nitrogen and oxygen atoms in total. The van der Waals surface area contributed by atoms with Crippen molar-refractivity contribution in [1.29, 1.82) is 5.26 Å². The van der Waals surface area contributed by atoms with Gasteiger partial charge in [-0.3, -0.25) is 4.79 Å². The van der Waals surface area contributed by atoms with Gasteiger partial charge in [-0.2, -0.15) is 5.26 Å². The molecule has 0 saturated carbocycles. The number of hydrogen-bond donors (Lipinski definition) is 1. The van der Waals surface area contributed by atoms with Crippen molar-refractivity contribution in [3.05, 3.63) is 27.3 Å². The standard InChI is InChI=1S/C13H15IN2O/c1-8(2)11(7-15)13(17)16-12-6-10(14)5-4-9(12)3/h4-6,8,11H,1-3H3,(H,16,17). The monoisotopic (exact) mass is 342 g/mol. The normalized spacial score (nSPS) is 12.0. The van der Waals surface area contributed by atoms with E-state index in [0.29, 0.717) is 0 Å². The Kier molecular flexibility index (Phi) is 4.94. The number of carbonyl (C=O) groups is 1. The van der Waals surface area contributed by atoms with Crippen LogP contribution in [-0.2, 0) is 4.79 Å². The van der Waals surface area contributed by atoms with Crippen molar-refractivity contribution in [2.75, 3.05) is 5.32 Å². The molecule has 0 radical (unpaired) electrons. The van der Waals surface area contributed by atoms with Gasteiger partial charge >= 0.3 is 0 Å². The molecule has 4 heteroatoms. The highest BCUT2D eigenvalue weighted by atomic mass is 127. The highest BCUT2D eigenvalue weighted by Gasteiger charge is 2.22. The lowest BCUT2D eigenvalue weighted by molar-refractivity contribution is -0.119. The Balaban J connectivity index is 2.88. The Morgan fingerprint density at radius 3 is 2.65 bits per heavy atom. The van der Waals surface area contributed by atoms with Crippen molar-refractivity contribution in [1.82, 2.24) is 0 Å². The van der Waals surface area contributed by atoms with Crippen molar-refractivity contribution in [2.24, 2.45) is 11.8 Å². The summed E-state index contributed by atoms with van der Waals surface area (Å²) < 4.78 is 1.06. The van der Waals surface area contributed by atoms with Crippen molar-refractivity contribution in [3.63, 3.8) is 0 Å². The molecule has 0 heterocycles. The van der Waals surface area contributed by atoms with Gasteiger partial charge < -0.3 is 5.32 Å². The van der Waals surface area contributed by atoms with Crippen LogP contribution in [0.1, 0.15) is 19.4 Å². The zero-order valence-electron chi connectivity index (χ0n) is 10.1. The third-order valence-corrected chi connectivity index (χ3v) is 3.22. The SMILES string of the molecule is Cc1ccc(I)cc1NC(=O)C(C#N)C(C)C. The maximum absolute atomic E-state index is 11.9. The van der Waals surface area contributed by atoms with E-state index >= 15 is 0 Å². The van der Waals surface area contributed by atoms with E-state index in [1.54, 1.807) is 0 Å². The van der Waals surface area contributed by atoms with Crippen molar-refractivity contribution >= 4 is 34.2 Å². The van der Waals surface area contributed by atoms with Crippen LogP contribution >= 0.6 is 22.6 Å². The number of aryl methyl sites for hydroxylation is 1. The molecule has 1 atom stereocenters. The second-order valence-corrected chi connectivity index (χ2v) is 5.54. The van der Waals surface area contributed by atoms with Crippen LogP contribution in [0, 0.1) is 33.7 Å². The van der Waals surface area contributed by atoms with Crippen LogP contribution in [0.3, 0.4) is 0 Å². The highest BCUT2D eigenvalue weighted by molar-refractivity contribution is 14.1. The quantitative estimate of drug-likeness (QED) is 0.857. The van der Waals surface area contributed by atoms with Crippen LogP contribution in [0.4, 0.5) is 5.69 Å². The van der Waals surface area contributed by atoms with Gasteiger partial charge in [-0.05, 0) is 53.1 Å². The Hall–Kier alpha value is -1.09. The van der Waals surface area contributed by atoms with Gasteiger partial charge in [0.05, 0.1) is 6.07 Å². The second kappa shape index (κ2) is 6.01. The summed E-state index contributed by atoms with van der Waals surface area (Å²) in [6.45, 7) is 5.67. The minimum Gasteiger partial charge on any atom is -0.325 e. The van der Waals surface area contributed by atoms with E-state index < -0.39 is 5.92 Å². The molecule has 1 aromatic carbocycles. The van der Waals surface area contributed by atoms with Gasteiger partial charge in [0.2, 0.25) is 5.91 Å². The number of nitriles is 1. The molecule has 0 aliphatic heterocycles. The van der Waals surface area contributed by atoms with Crippen LogP contribution in [0.15, 0.2) is 18.2 Å².